The highest BCUT2D eigenvalue weighted by Crippen LogP contribution is 2.28. The van der Waals surface area contributed by atoms with Gasteiger partial charge in [-0.15, -0.1) is 0 Å². The molecule has 0 saturated carbocycles. The third-order valence-corrected chi connectivity index (χ3v) is 3.64. The first-order valence-electron chi connectivity index (χ1n) is 7.48. The van der Waals surface area contributed by atoms with Crippen LogP contribution in [-0.4, -0.2) is 10.1 Å². The van der Waals surface area contributed by atoms with Crippen molar-refractivity contribution in [1.82, 2.24) is 4.98 Å². The van der Waals surface area contributed by atoms with Gasteiger partial charge in [-0.2, -0.15) is 0 Å². The number of aromatic hydroxyl groups is 1. The number of rotatable bonds is 5. The molecule has 0 bridgehead atoms. The van der Waals surface area contributed by atoms with Crippen LogP contribution in [0.25, 0.3) is 0 Å². The van der Waals surface area contributed by atoms with Gasteiger partial charge in [-0.05, 0) is 23.3 Å². The fraction of sp³-hybridized carbons (Fsp3) is 0.105. The molecule has 3 rings (SSSR count). The predicted molar refractivity (Wildman–Crippen MR) is 88.7 cm³/mol. The first kappa shape index (κ1) is 15.8. The largest absolute Gasteiger partial charge is 0.504 e. The molecule has 1 heterocycles. The number of hydrogen-bond acceptors (Lipinski definition) is 3. The Morgan fingerprint density at radius 2 is 1.71 bits per heavy atom. The monoisotopic (exact) mass is 325 g/mol. The van der Waals surface area contributed by atoms with E-state index in [0.717, 1.165) is 11.1 Å². The van der Waals surface area contributed by atoms with Gasteiger partial charge in [0, 0.05) is 18.2 Å². The average Bonchev–Trinajstić information content (AvgIpc) is 2.60. The zero-order chi connectivity index (χ0) is 16.9. The zero-order valence-corrected chi connectivity index (χ0v) is 12.8. The normalized spacial score (nSPS) is 10.5. The van der Waals surface area contributed by atoms with Crippen LogP contribution < -0.4 is 10.3 Å². The van der Waals surface area contributed by atoms with Crippen molar-refractivity contribution < 1.29 is 14.2 Å². The van der Waals surface area contributed by atoms with Crippen LogP contribution in [0.2, 0.25) is 0 Å². The van der Waals surface area contributed by atoms with Crippen molar-refractivity contribution in [2.24, 2.45) is 0 Å². The molecule has 0 aliphatic rings. The summed E-state index contributed by atoms with van der Waals surface area (Å²) < 4.78 is 18.5. The number of nitrogens with one attached hydrogen (secondary N) is 1. The minimum Gasteiger partial charge on any atom is -0.504 e. The van der Waals surface area contributed by atoms with E-state index in [9.17, 15) is 14.3 Å². The van der Waals surface area contributed by atoms with Crippen molar-refractivity contribution in [3.05, 3.63) is 93.7 Å². The lowest BCUT2D eigenvalue weighted by Crippen LogP contribution is -2.12. The maximum absolute atomic E-state index is 13.0. The van der Waals surface area contributed by atoms with E-state index in [2.05, 4.69) is 4.98 Å². The van der Waals surface area contributed by atoms with Crippen LogP contribution in [0, 0.1) is 5.82 Å². The van der Waals surface area contributed by atoms with Crippen LogP contribution in [0.3, 0.4) is 0 Å². The standard InChI is InChI=1S/C19H16FNO3/c20-16-8-6-13(7-9-16)10-15-11-21-19(23)18(17(15)22)24-12-14-4-2-1-3-5-14/h1-9,11H,10,12H2,(H2,21,22,23). The van der Waals surface area contributed by atoms with E-state index in [1.807, 2.05) is 30.3 Å². The van der Waals surface area contributed by atoms with Crippen LogP contribution in [0.4, 0.5) is 4.39 Å². The van der Waals surface area contributed by atoms with Crippen LogP contribution in [0.5, 0.6) is 11.5 Å². The van der Waals surface area contributed by atoms with Crippen molar-refractivity contribution in [3.63, 3.8) is 0 Å². The second-order valence-electron chi connectivity index (χ2n) is 5.40. The fourth-order valence-corrected chi connectivity index (χ4v) is 2.36. The number of halogens is 1. The van der Waals surface area contributed by atoms with Crippen molar-refractivity contribution in [1.29, 1.82) is 0 Å². The molecule has 122 valence electrons. The topological polar surface area (TPSA) is 62.3 Å². The first-order valence-corrected chi connectivity index (χ1v) is 7.48. The van der Waals surface area contributed by atoms with Crippen LogP contribution >= 0.6 is 0 Å². The summed E-state index contributed by atoms with van der Waals surface area (Å²) in [7, 11) is 0. The summed E-state index contributed by atoms with van der Waals surface area (Å²) in [6, 6.07) is 15.3. The minimum atomic E-state index is -0.494. The number of aromatic nitrogens is 1. The smallest absolute Gasteiger partial charge is 0.294 e. The van der Waals surface area contributed by atoms with E-state index in [4.69, 9.17) is 4.74 Å². The first-order chi connectivity index (χ1) is 11.6. The van der Waals surface area contributed by atoms with E-state index < -0.39 is 5.56 Å². The lowest BCUT2D eigenvalue weighted by Gasteiger charge is -2.11. The molecule has 3 aromatic rings. The van der Waals surface area contributed by atoms with Gasteiger partial charge in [-0.25, -0.2) is 4.39 Å². The Labute approximate surface area is 138 Å². The van der Waals surface area contributed by atoms with Gasteiger partial charge in [0.15, 0.2) is 5.75 Å². The molecule has 2 N–H and O–H groups in total. The van der Waals surface area contributed by atoms with Crippen LogP contribution in [0.15, 0.2) is 65.6 Å². The molecule has 0 unspecified atom stereocenters. The SMILES string of the molecule is O=c1[nH]cc(Cc2ccc(F)cc2)c(O)c1OCc1ccccc1. The van der Waals surface area contributed by atoms with Gasteiger partial charge in [-0.3, -0.25) is 4.79 Å². The van der Waals surface area contributed by atoms with Gasteiger partial charge in [0.05, 0.1) is 0 Å². The molecule has 0 aliphatic heterocycles. The lowest BCUT2D eigenvalue weighted by molar-refractivity contribution is 0.283. The summed E-state index contributed by atoms with van der Waals surface area (Å²) in [5.74, 6) is -0.631. The number of ether oxygens (including phenoxy) is 1. The molecule has 24 heavy (non-hydrogen) atoms. The van der Waals surface area contributed by atoms with Gasteiger partial charge < -0.3 is 14.8 Å². The van der Waals surface area contributed by atoms with Crippen molar-refractivity contribution in [3.8, 4) is 11.5 Å². The summed E-state index contributed by atoms with van der Waals surface area (Å²) in [5.41, 5.74) is 1.71. The maximum atomic E-state index is 13.0. The van der Waals surface area contributed by atoms with Crippen molar-refractivity contribution in [2.45, 2.75) is 13.0 Å². The highest BCUT2D eigenvalue weighted by atomic mass is 19.1. The van der Waals surface area contributed by atoms with Crippen molar-refractivity contribution in [2.75, 3.05) is 0 Å². The molecule has 2 aromatic carbocycles. The Hall–Kier alpha value is -3.08. The lowest BCUT2D eigenvalue weighted by atomic mass is 10.1. The van der Waals surface area contributed by atoms with E-state index in [-0.39, 0.29) is 23.9 Å². The molecule has 5 heteroatoms. The quantitative estimate of drug-likeness (QED) is 0.756. The number of pyridine rings is 1. The second-order valence-corrected chi connectivity index (χ2v) is 5.40. The van der Waals surface area contributed by atoms with Gasteiger partial charge in [-0.1, -0.05) is 42.5 Å². The molecule has 0 spiro atoms. The van der Waals surface area contributed by atoms with E-state index in [1.165, 1.54) is 18.3 Å². The number of benzene rings is 2. The molecular formula is C19H16FNO3. The Morgan fingerprint density at radius 3 is 2.42 bits per heavy atom. The summed E-state index contributed by atoms with van der Waals surface area (Å²) >= 11 is 0. The van der Waals surface area contributed by atoms with Crippen LogP contribution in [0.1, 0.15) is 16.7 Å². The number of H-pyrrole nitrogens is 1. The summed E-state index contributed by atoms with van der Waals surface area (Å²) in [6.07, 6.45) is 1.79. The zero-order valence-electron chi connectivity index (χ0n) is 12.8. The molecule has 4 nitrogen and oxygen atoms in total. The van der Waals surface area contributed by atoms with Crippen molar-refractivity contribution >= 4 is 0 Å². The van der Waals surface area contributed by atoms with E-state index >= 15 is 0 Å². The van der Waals surface area contributed by atoms with Gasteiger partial charge in [0.25, 0.3) is 5.56 Å². The minimum absolute atomic E-state index is 0.113. The van der Waals surface area contributed by atoms with E-state index in [0.29, 0.717) is 12.0 Å². The van der Waals surface area contributed by atoms with E-state index in [1.54, 1.807) is 12.1 Å². The number of aromatic amines is 1. The third-order valence-electron chi connectivity index (χ3n) is 3.64. The summed E-state index contributed by atoms with van der Waals surface area (Å²) in [6.45, 7) is 0.178. The summed E-state index contributed by atoms with van der Waals surface area (Å²) in [4.78, 5) is 14.5. The maximum Gasteiger partial charge on any atom is 0.294 e. The average molecular weight is 325 g/mol. The molecule has 0 fully saturated rings. The Bertz CT molecular complexity index is 873. The Morgan fingerprint density at radius 1 is 1.00 bits per heavy atom. The molecule has 1 aromatic heterocycles. The van der Waals surface area contributed by atoms with Gasteiger partial charge >= 0.3 is 0 Å². The summed E-state index contributed by atoms with van der Waals surface area (Å²) in [5, 5.41) is 10.3. The molecular weight excluding hydrogens is 309 g/mol. The molecule has 0 aliphatic carbocycles. The fourth-order valence-electron chi connectivity index (χ4n) is 2.36. The Kier molecular flexibility index (Phi) is 4.61. The van der Waals surface area contributed by atoms with Crippen LogP contribution in [-0.2, 0) is 13.0 Å². The third kappa shape index (κ3) is 3.63. The van der Waals surface area contributed by atoms with Gasteiger partial charge in [0.1, 0.15) is 12.4 Å². The molecule has 0 amide bonds. The molecule has 0 radical (unpaired) electrons. The second kappa shape index (κ2) is 7.00. The highest BCUT2D eigenvalue weighted by molar-refractivity contribution is 5.44. The molecule has 0 saturated heterocycles. The van der Waals surface area contributed by atoms with Gasteiger partial charge in [0.2, 0.25) is 5.75 Å². The molecule has 0 atom stereocenters. The highest BCUT2D eigenvalue weighted by Gasteiger charge is 2.14. The Balaban J connectivity index is 1.82. The predicted octanol–water partition coefficient (Wildman–Crippen LogP) is 3.39. The number of hydrogen-bond donors (Lipinski definition) is 2.